The Morgan fingerprint density at radius 3 is 3.00 bits per heavy atom. The highest BCUT2D eigenvalue weighted by molar-refractivity contribution is 5.29. The van der Waals surface area contributed by atoms with Crippen LogP contribution in [0.25, 0.3) is 0 Å². The van der Waals surface area contributed by atoms with Crippen LogP contribution in [0.3, 0.4) is 0 Å². The first-order valence-electron chi connectivity index (χ1n) is 5.67. The van der Waals surface area contributed by atoms with E-state index < -0.39 is 0 Å². The summed E-state index contributed by atoms with van der Waals surface area (Å²) in [6.45, 7) is 2.66. The highest BCUT2D eigenvalue weighted by atomic mass is 16.5. The fourth-order valence-corrected chi connectivity index (χ4v) is 1.44. The van der Waals surface area contributed by atoms with Gasteiger partial charge < -0.3 is 10.5 Å². The van der Waals surface area contributed by atoms with Gasteiger partial charge in [-0.2, -0.15) is 0 Å². The minimum atomic E-state index is 0.223. The SMILES string of the molecule is C#CCCOc1cccc(CC(N)CC)c1. The van der Waals surface area contributed by atoms with Crippen LogP contribution in [0.1, 0.15) is 25.3 Å². The lowest BCUT2D eigenvalue weighted by molar-refractivity contribution is 0.327. The van der Waals surface area contributed by atoms with E-state index in [9.17, 15) is 0 Å². The largest absolute Gasteiger partial charge is 0.493 e. The number of hydrogen-bond acceptors (Lipinski definition) is 2. The van der Waals surface area contributed by atoms with Gasteiger partial charge in [0.15, 0.2) is 0 Å². The van der Waals surface area contributed by atoms with Crippen LogP contribution >= 0.6 is 0 Å². The van der Waals surface area contributed by atoms with Gasteiger partial charge in [-0.1, -0.05) is 19.1 Å². The summed E-state index contributed by atoms with van der Waals surface area (Å²) in [5.74, 6) is 3.42. The third kappa shape index (κ3) is 4.37. The first kappa shape index (κ1) is 12.6. The molecule has 0 spiro atoms. The fraction of sp³-hybridized carbons (Fsp3) is 0.429. The number of terminal acetylenes is 1. The molecule has 16 heavy (non-hydrogen) atoms. The molecular weight excluding hydrogens is 198 g/mol. The van der Waals surface area contributed by atoms with Crippen molar-refractivity contribution >= 4 is 0 Å². The van der Waals surface area contributed by atoms with Gasteiger partial charge in [-0.15, -0.1) is 12.3 Å². The van der Waals surface area contributed by atoms with Crippen LogP contribution in [0.2, 0.25) is 0 Å². The quantitative estimate of drug-likeness (QED) is 0.586. The smallest absolute Gasteiger partial charge is 0.119 e. The predicted molar refractivity (Wildman–Crippen MR) is 67.4 cm³/mol. The van der Waals surface area contributed by atoms with Gasteiger partial charge in [-0.3, -0.25) is 0 Å². The van der Waals surface area contributed by atoms with Crippen LogP contribution in [-0.2, 0) is 6.42 Å². The van der Waals surface area contributed by atoms with Crippen LogP contribution in [0.4, 0.5) is 0 Å². The normalized spacial score (nSPS) is 11.8. The van der Waals surface area contributed by atoms with Crippen LogP contribution in [-0.4, -0.2) is 12.6 Å². The van der Waals surface area contributed by atoms with Gasteiger partial charge in [0.1, 0.15) is 5.75 Å². The molecule has 0 aliphatic rings. The molecule has 1 aromatic carbocycles. The summed E-state index contributed by atoms with van der Waals surface area (Å²) in [7, 11) is 0. The van der Waals surface area contributed by atoms with Gasteiger partial charge in [-0.25, -0.2) is 0 Å². The summed E-state index contributed by atoms with van der Waals surface area (Å²) in [6, 6.07) is 8.26. The highest BCUT2D eigenvalue weighted by Crippen LogP contribution is 2.15. The van der Waals surface area contributed by atoms with Crippen molar-refractivity contribution in [2.75, 3.05) is 6.61 Å². The van der Waals surface area contributed by atoms with Crippen LogP contribution in [0, 0.1) is 12.3 Å². The maximum absolute atomic E-state index is 5.91. The van der Waals surface area contributed by atoms with E-state index in [-0.39, 0.29) is 6.04 Å². The molecular formula is C14H19NO. The summed E-state index contributed by atoms with van der Waals surface area (Å²) in [5, 5.41) is 0. The van der Waals surface area contributed by atoms with E-state index in [0.29, 0.717) is 13.0 Å². The minimum Gasteiger partial charge on any atom is -0.493 e. The zero-order valence-corrected chi connectivity index (χ0v) is 9.78. The lowest BCUT2D eigenvalue weighted by Gasteiger charge is -2.10. The molecule has 0 heterocycles. The van der Waals surface area contributed by atoms with E-state index in [2.05, 4.69) is 18.9 Å². The van der Waals surface area contributed by atoms with Gasteiger partial charge >= 0.3 is 0 Å². The molecule has 0 amide bonds. The fourth-order valence-electron chi connectivity index (χ4n) is 1.44. The van der Waals surface area contributed by atoms with Crippen molar-refractivity contribution in [1.29, 1.82) is 0 Å². The Kier molecular flexibility index (Phi) is 5.45. The maximum atomic E-state index is 5.91. The Hall–Kier alpha value is -1.46. The Morgan fingerprint density at radius 1 is 1.50 bits per heavy atom. The molecule has 2 heteroatoms. The van der Waals surface area contributed by atoms with Crippen molar-refractivity contribution < 1.29 is 4.74 Å². The lowest BCUT2D eigenvalue weighted by Crippen LogP contribution is -2.21. The molecule has 1 aromatic rings. The van der Waals surface area contributed by atoms with Gasteiger partial charge in [0.2, 0.25) is 0 Å². The van der Waals surface area contributed by atoms with Gasteiger partial charge in [0.05, 0.1) is 6.61 Å². The molecule has 0 saturated carbocycles. The van der Waals surface area contributed by atoms with Crippen LogP contribution in [0.15, 0.2) is 24.3 Å². The molecule has 86 valence electrons. The molecule has 0 fully saturated rings. The van der Waals surface area contributed by atoms with E-state index in [1.54, 1.807) is 0 Å². The molecule has 0 bridgehead atoms. The van der Waals surface area contributed by atoms with E-state index in [1.807, 2.05) is 18.2 Å². The standard InChI is InChI=1S/C14H19NO/c1-3-5-9-16-14-8-6-7-12(11-14)10-13(15)4-2/h1,6-8,11,13H,4-5,9-10,15H2,2H3. The second-order valence-corrected chi connectivity index (χ2v) is 3.82. The zero-order valence-electron chi connectivity index (χ0n) is 9.78. The third-order valence-corrected chi connectivity index (χ3v) is 2.44. The lowest BCUT2D eigenvalue weighted by atomic mass is 10.0. The number of rotatable bonds is 6. The first-order chi connectivity index (χ1) is 7.76. The molecule has 0 saturated heterocycles. The van der Waals surface area contributed by atoms with Gasteiger partial charge in [0, 0.05) is 12.5 Å². The molecule has 0 aliphatic carbocycles. The van der Waals surface area contributed by atoms with E-state index >= 15 is 0 Å². The predicted octanol–water partition coefficient (Wildman–Crippen LogP) is 2.37. The monoisotopic (exact) mass is 217 g/mol. The van der Waals surface area contributed by atoms with E-state index in [1.165, 1.54) is 5.56 Å². The van der Waals surface area contributed by atoms with Crippen molar-refractivity contribution in [2.45, 2.75) is 32.2 Å². The maximum Gasteiger partial charge on any atom is 0.119 e. The van der Waals surface area contributed by atoms with Crippen LogP contribution in [0.5, 0.6) is 5.75 Å². The average Bonchev–Trinajstić information content (AvgIpc) is 2.30. The first-order valence-corrected chi connectivity index (χ1v) is 5.67. The third-order valence-electron chi connectivity index (χ3n) is 2.44. The zero-order chi connectivity index (χ0) is 11.8. The summed E-state index contributed by atoms with van der Waals surface area (Å²) < 4.78 is 5.52. The molecule has 1 atom stereocenters. The van der Waals surface area contributed by atoms with Crippen molar-refractivity contribution in [3.63, 3.8) is 0 Å². The van der Waals surface area contributed by atoms with E-state index in [4.69, 9.17) is 16.9 Å². The number of benzene rings is 1. The second-order valence-electron chi connectivity index (χ2n) is 3.82. The summed E-state index contributed by atoms with van der Waals surface area (Å²) in [4.78, 5) is 0. The highest BCUT2D eigenvalue weighted by Gasteiger charge is 2.02. The van der Waals surface area contributed by atoms with Gasteiger partial charge in [0.25, 0.3) is 0 Å². The Morgan fingerprint density at radius 2 is 2.31 bits per heavy atom. The molecule has 1 rings (SSSR count). The molecule has 2 nitrogen and oxygen atoms in total. The molecule has 0 radical (unpaired) electrons. The summed E-state index contributed by atoms with van der Waals surface area (Å²) in [6.07, 6.45) is 7.68. The van der Waals surface area contributed by atoms with Crippen molar-refractivity contribution in [3.05, 3.63) is 29.8 Å². The van der Waals surface area contributed by atoms with Gasteiger partial charge in [-0.05, 0) is 30.5 Å². The number of nitrogens with two attached hydrogens (primary N) is 1. The topological polar surface area (TPSA) is 35.2 Å². The summed E-state index contributed by atoms with van der Waals surface area (Å²) in [5.41, 5.74) is 7.12. The van der Waals surface area contributed by atoms with E-state index in [0.717, 1.165) is 18.6 Å². The second kappa shape index (κ2) is 6.92. The number of ether oxygens (including phenoxy) is 1. The minimum absolute atomic E-state index is 0.223. The van der Waals surface area contributed by atoms with Crippen molar-refractivity contribution in [3.8, 4) is 18.1 Å². The number of hydrogen-bond donors (Lipinski definition) is 1. The Bertz CT molecular complexity index is 354. The van der Waals surface area contributed by atoms with Crippen molar-refractivity contribution in [1.82, 2.24) is 0 Å². The van der Waals surface area contributed by atoms with Crippen molar-refractivity contribution in [2.24, 2.45) is 5.73 Å². The Labute approximate surface area is 97.8 Å². The Balaban J connectivity index is 2.54. The van der Waals surface area contributed by atoms with Crippen LogP contribution < -0.4 is 10.5 Å². The molecule has 1 unspecified atom stereocenters. The summed E-state index contributed by atoms with van der Waals surface area (Å²) >= 11 is 0. The average molecular weight is 217 g/mol. The molecule has 0 aliphatic heterocycles. The molecule has 0 aromatic heterocycles. The molecule has 2 N–H and O–H groups in total.